The molecule has 4 heteroatoms. The monoisotopic (exact) mass is 270 g/mol. The van der Waals surface area contributed by atoms with Crippen LogP contribution in [-0.2, 0) is 9.53 Å². The fourth-order valence-corrected chi connectivity index (χ4v) is 3.10. The van der Waals surface area contributed by atoms with Crippen LogP contribution in [0, 0.1) is 5.92 Å². The molecule has 1 rings (SSSR count). The molecule has 0 radical (unpaired) electrons. The summed E-state index contributed by atoms with van der Waals surface area (Å²) in [6.45, 7) is 6.33. The van der Waals surface area contributed by atoms with E-state index in [9.17, 15) is 4.79 Å². The van der Waals surface area contributed by atoms with Crippen LogP contribution in [0.3, 0.4) is 0 Å². The molecule has 0 spiro atoms. The lowest BCUT2D eigenvalue weighted by atomic mass is 9.75. The molecule has 0 amide bonds. The average molecular weight is 270 g/mol. The summed E-state index contributed by atoms with van der Waals surface area (Å²) in [6, 6.07) is 0. The van der Waals surface area contributed by atoms with Crippen LogP contribution in [0.4, 0.5) is 0 Å². The Bertz CT molecular complexity index is 281. The number of hydrogen-bond acceptors (Lipinski definition) is 4. The van der Waals surface area contributed by atoms with E-state index >= 15 is 0 Å². The highest BCUT2D eigenvalue weighted by molar-refractivity contribution is 5.69. The first-order valence-electron chi connectivity index (χ1n) is 7.54. The summed E-state index contributed by atoms with van der Waals surface area (Å²) in [7, 11) is 4.34. The number of nitrogens with one attached hydrogen (secondary N) is 1. The first-order valence-corrected chi connectivity index (χ1v) is 7.54. The molecule has 0 aromatic rings. The highest BCUT2D eigenvalue weighted by Crippen LogP contribution is 2.35. The number of esters is 1. The largest absolute Gasteiger partial charge is 0.466 e. The maximum Gasteiger partial charge on any atom is 0.307 e. The molecule has 0 aromatic heterocycles. The zero-order valence-electron chi connectivity index (χ0n) is 13.0. The lowest BCUT2D eigenvalue weighted by Gasteiger charge is -2.45. The van der Waals surface area contributed by atoms with Crippen molar-refractivity contribution in [3.8, 4) is 0 Å². The van der Waals surface area contributed by atoms with Crippen molar-refractivity contribution in [3.05, 3.63) is 0 Å². The Morgan fingerprint density at radius 2 is 2.21 bits per heavy atom. The third kappa shape index (κ3) is 5.11. The first kappa shape index (κ1) is 16.4. The number of hydrogen-bond donors (Lipinski definition) is 1. The minimum atomic E-state index is -0.106. The predicted molar refractivity (Wildman–Crippen MR) is 78.2 cm³/mol. The maximum atomic E-state index is 11.3. The van der Waals surface area contributed by atoms with Crippen molar-refractivity contribution in [2.45, 2.75) is 51.5 Å². The van der Waals surface area contributed by atoms with Gasteiger partial charge in [0.1, 0.15) is 0 Å². The summed E-state index contributed by atoms with van der Waals surface area (Å²) in [4.78, 5) is 13.6. The topological polar surface area (TPSA) is 41.6 Å². The lowest BCUT2D eigenvalue weighted by Crippen LogP contribution is -2.54. The van der Waals surface area contributed by atoms with Crippen LogP contribution in [0.25, 0.3) is 0 Å². The van der Waals surface area contributed by atoms with E-state index in [2.05, 4.69) is 31.2 Å². The Morgan fingerprint density at radius 1 is 1.47 bits per heavy atom. The molecule has 1 fully saturated rings. The van der Waals surface area contributed by atoms with Gasteiger partial charge in [0, 0.05) is 18.6 Å². The highest BCUT2D eigenvalue weighted by atomic mass is 16.5. The smallest absolute Gasteiger partial charge is 0.307 e. The second-order valence-corrected chi connectivity index (χ2v) is 6.05. The number of rotatable bonds is 7. The van der Waals surface area contributed by atoms with Crippen LogP contribution >= 0.6 is 0 Å². The van der Waals surface area contributed by atoms with E-state index in [1.807, 2.05) is 6.92 Å². The highest BCUT2D eigenvalue weighted by Gasteiger charge is 2.36. The fraction of sp³-hybridized carbons (Fsp3) is 0.933. The predicted octanol–water partition coefficient (Wildman–Crippen LogP) is 2.04. The van der Waals surface area contributed by atoms with Crippen molar-refractivity contribution in [2.75, 3.05) is 33.8 Å². The maximum absolute atomic E-state index is 11.3. The minimum Gasteiger partial charge on any atom is -0.466 e. The van der Waals surface area contributed by atoms with Crippen LogP contribution in [0.1, 0.15) is 46.0 Å². The Hall–Kier alpha value is -0.610. The van der Waals surface area contributed by atoms with Gasteiger partial charge in [0.15, 0.2) is 0 Å². The summed E-state index contributed by atoms with van der Waals surface area (Å²) in [5.74, 6) is 0.689. The first-order chi connectivity index (χ1) is 9.00. The van der Waals surface area contributed by atoms with E-state index in [0.29, 0.717) is 19.6 Å². The summed E-state index contributed by atoms with van der Waals surface area (Å²) < 4.78 is 4.93. The number of ether oxygens (including phenoxy) is 1. The van der Waals surface area contributed by atoms with Crippen molar-refractivity contribution in [1.29, 1.82) is 0 Å². The number of carbonyl (C=O) groups excluding carboxylic acids is 1. The van der Waals surface area contributed by atoms with Crippen LogP contribution in [0.5, 0.6) is 0 Å². The Balaban J connectivity index is 2.36. The Morgan fingerprint density at radius 3 is 2.79 bits per heavy atom. The van der Waals surface area contributed by atoms with Gasteiger partial charge >= 0.3 is 5.97 Å². The average Bonchev–Trinajstić information content (AvgIpc) is 2.35. The molecule has 1 saturated carbocycles. The van der Waals surface area contributed by atoms with Gasteiger partial charge in [-0.05, 0) is 39.8 Å². The molecule has 19 heavy (non-hydrogen) atoms. The van der Waals surface area contributed by atoms with E-state index < -0.39 is 0 Å². The summed E-state index contributed by atoms with van der Waals surface area (Å²) in [5.41, 5.74) is 0.256. The van der Waals surface area contributed by atoms with Gasteiger partial charge in [-0.2, -0.15) is 0 Å². The van der Waals surface area contributed by atoms with Crippen molar-refractivity contribution >= 4 is 5.97 Å². The molecular formula is C15H30N2O2. The molecule has 2 unspecified atom stereocenters. The van der Waals surface area contributed by atoms with Crippen molar-refractivity contribution in [2.24, 2.45) is 5.92 Å². The van der Waals surface area contributed by atoms with Crippen LogP contribution in [0.2, 0.25) is 0 Å². The SMILES string of the molecule is CCOC(=O)CCNCC1(N(C)C)CCCC(C)C1. The zero-order valence-corrected chi connectivity index (χ0v) is 13.0. The molecule has 0 heterocycles. The molecule has 0 bridgehead atoms. The van der Waals surface area contributed by atoms with E-state index in [4.69, 9.17) is 4.74 Å². The molecule has 0 saturated heterocycles. The molecule has 1 N–H and O–H groups in total. The van der Waals surface area contributed by atoms with Gasteiger partial charge in [0.05, 0.1) is 13.0 Å². The van der Waals surface area contributed by atoms with Crippen molar-refractivity contribution < 1.29 is 9.53 Å². The molecule has 1 aliphatic rings. The quantitative estimate of drug-likeness (QED) is 0.568. The molecular weight excluding hydrogens is 240 g/mol. The molecule has 1 aliphatic carbocycles. The van der Waals surface area contributed by atoms with Crippen LogP contribution in [-0.4, -0.2) is 50.2 Å². The Kier molecular flexibility index (Phi) is 6.80. The third-order valence-electron chi connectivity index (χ3n) is 4.28. The second kappa shape index (κ2) is 7.85. The number of likely N-dealkylation sites (N-methyl/N-ethyl adjacent to an activating group) is 1. The van der Waals surface area contributed by atoms with Gasteiger partial charge in [0.2, 0.25) is 0 Å². The third-order valence-corrected chi connectivity index (χ3v) is 4.28. The molecule has 112 valence electrons. The lowest BCUT2D eigenvalue weighted by molar-refractivity contribution is -0.143. The summed E-state index contributed by atoms with van der Waals surface area (Å²) >= 11 is 0. The van der Waals surface area contributed by atoms with Gasteiger partial charge in [-0.1, -0.05) is 19.8 Å². The van der Waals surface area contributed by atoms with E-state index in [1.54, 1.807) is 0 Å². The van der Waals surface area contributed by atoms with E-state index in [0.717, 1.165) is 12.5 Å². The fourth-order valence-electron chi connectivity index (χ4n) is 3.10. The number of nitrogens with zero attached hydrogens (tertiary/aromatic N) is 1. The Labute approximate surface area is 117 Å². The summed E-state index contributed by atoms with van der Waals surface area (Å²) in [6.07, 6.45) is 5.60. The van der Waals surface area contributed by atoms with Gasteiger partial charge in [-0.3, -0.25) is 4.79 Å². The minimum absolute atomic E-state index is 0.106. The summed E-state index contributed by atoms with van der Waals surface area (Å²) in [5, 5.41) is 3.44. The van der Waals surface area contributed by atoms with E-state index in [-0.39, 0.29) is 11.5 Å². The molecule has 4 nitrogen and oxygen atoms in total. The standard InChI is InChI=1S/C15H30N2O2/c1-5-19-14(18)8-10-16-12-15(17(3)4)9-6-7-13(2)11-15/h13,16H,5-12H2,1-4H3. The van der Waals surface area contributed by atoms with Crippen LogP contribution in [0.15, 0.2) is 0 Å². The molecule has 0 aromatic carbocycles. The van der Waals surface area contributed by atoms with Crippen molar-refractivity contribution in [3.63, 3.8) is 0 Å². The van der Waals surface area contributed by atoms with Crippen molar-refractivity contribution in [1.82, 2.24) is 10.2 Å². The van der Waals surface area contributed by atoms with Gasteiger partial charge in [-0.15, -0.1) is 0 Å². The second-order valence-electron chi connectivity index (χ2n) is 6.05. The van der Waals surface area contributed by atoms with Crippen LogP contribution < -0.4 is 5.32 Å². The zero-order chi connectivity index (χ0) is 14.3. The van der Waals surface area contributed by atoms with E-state index in [1.165, 1.54) is 25.7 Å². The van der Waals surface area contributed by atoms with Gasteiger partial charge < -0.3 is 15.0 Å². The normalized spacial score (nSPS) is 27.5. The molecule has 0 aliphatic heterocycles. The molecule has 2 atom stereocenters. The van der Waals surface area contributed by atoms with Gasteiger partial charge in [-0.25, -0.2) is 0 Å². The number of carbonyl (C=O) groups is 1. The van der Waals surface area contributed by atoms with Gasteiger partial charge in [0.25, 0.3) is 0 Å².